The Bertz CT molecular complexity index is 1010. The lowest BCUT2D eigenvalue weighted by molar-refractivity contribution is 0.0953. The van der Waals surface area contributed by atoms with Crippen molar-refractivity contribution >= 4 is 11.5 Å². The standard InChI is InChI=1S/C22H17NO2/c23-17-6-3-5-15(12-17)21-22(25-21)20(24)14-8-9-19-16(11-14)10-13-4-1-2-7-18(13)19/h1-9,11-12,21-22H,10,23H2/t21-,22+/m1/s1. The second-order valence-electron chi connectivity index (χ2n) is 6.72. The number of benzene rings is 3. The molecule has 0 saturated carbocycles. The van der Waals surface area contributed by atoms with Crippen LogP contribution in [0.1, 0.15) is 33.2 Å². The third kappa shape index (κ3) is 2.36. The number of epoxide rings is 1. The molecule has 0 spiro atoms. The highest BCUT2D eigenvalue weighted by molar-refractivity contribution is 6.02. The second-order valence-corrected chi connectivity index (χ2v) is 6.72. The number of hydrogen-bond acceptors (Lipinski definition) is 3. The number of Topliss-reactive ketones (excluding diaryl/α,β-unsaturated/α-hetero) is 1. The summed E-state index contributed by atoms with van der Waals surface area (Å²) in [4.78, 5) is 12.8. The minimum atomic E-state index is -0.399. The Kier molecular flexibility index (Phi) is 3.06. The van der Waals surface area contributed by atoms with Gasteiger partial charge in [-0.3, -0.25) is 4.79 Å². The fourth-order valence-corrected chi connectivity index (χ4v) is 3.76. The summed E-state index contributed by atoms with van der Waals surface area (Å²) in [6, 6.07) is 22.0. The van der Waals surface area contributed by atoms with E-state index in [-0.39, 0.29) is 11.9 Å². The van der Waals surface area contributed by atoms with Crippen molar-refractivity contribution in [3.63, 3.8) is 0 Å². The lowest BCUT2D eigenvalue weighted by atomic mass is 9.98. The van der Waals surface area contributed by atoms with E-state index in [0.717, 1.165) is 17.5 Å². The number of ketones is 1. The normalized spacial score (nSPS) is 20.0. The molecule has 2 N–H and O–H groups in total. The lowest BCUT2D eigenvalue weighted by Gasteiger charge is -2.04. The van der Waals surface area contributed by atoms with Crippen molar-refractivity contribution in [2.24, 2.45) is 0 Å². The molecule has 1 saturated heterocycles. The van der Waals surface area contributed by atoms with Crippen LogP contribution in [-0.4, -0.2) is 11.9 Å². The second kappa shape index (κ2) is 5.30. The van der Waals surface area contributed by atoms with E-state index in [4.69, 9.17) is 10.5 Å². The van der Waals surface area contributed by atoms with Gasteiger partial charge in [-0.05, 0) is 52.4 Å². The molecule has 1 aliphatic carbocycles. The molecule has 122 valence electrons. The molecule has 1 aliphatic heterocycles. The minimum absolute atomic E-state index is 0.0474. The fourth-order valence-electron chi connectivity index (χ4n) is 3.76. The Morgan fingerprint density at radius 1 is 0.920 bits per heavy atom. The molecular weight excluding hydrogens is 310 g/mol. The predicted molar refractivity (Wildman–Crippen MR) is 97.5 cm³/mol. The molecule has 1 heterocycles. The van der Waals surface area contributed by atoms with Crippen molar-refractivity contribution in [3.05, 3.63) is 89.0 Å². The van der Waals surface area contributed by atoms with Crippen LogP contribution in [-0.2, 0) is 11.2 Å². The van der Waals surface area contributed by atoms with Crippen LogP contribution in [0.15, 0.2) is 66.7 Å². The summed E-state index contributed by atoms with van der Waals surface area (Å²) in [6.07, 6.45) is 0.307. The maximum absolute atomic E-state index is 12.8. The van der Waals surface area contributed by atoms with Gasteiger partial charge in [0.15, 0.2) is 11.9 Å². The molecule has 3 nitrogen and oxygen atoms in total. The molecule has 2 atom stereocenters. The Morgan fingerprint density at radius 2 is 1.76 bits per heavy atom. The highest BCUT2D eigenvalue weighted by Gasteiger charge is 2.46. The molecule has 0 radical (unpaired) electrons. The van der Waals surface area contributed by atoms with E-state index in [1.807, 2.05) is 36.4 Å². The van der Waals surface area contributed by atoms with Gasteiger partial charge in [0.2, 0.25) is 0 Å². The number of hydrogen-bond donors (Lipinski definition) is 1. The average molecular weight is 327 g/mol. The first-order valence-electron chi connectivity index (χ1n) is 8.47. The number of anilines is 1. The molecule has 3 aromatic carbocycles. The van der Waals surface area contributed by atoms with Crippen LogP contribution in [0, 0.1) is 0 Å². The SMILES string of the molecule is Nc1cccc([C@H]2O[C@H]2C(=O)c2ccc3c(c2)Cc2ccccc2-3)c1. The molecule has 0 amide bonds. The molecule has 0 unspecified atom stereocenters. The number of fused-ring (bicyclic) bond motifs is 3. The van der Waals surface area contributed by atoms with E-state index in [1.165, 1.54) is 22.3 Å². The monoisotopic (exact) mass is 327 g/mol. The first kappa shape index (κ1) is 14.4. The van der Waals surface area contributed by atoms with Gasteiger partial charge in [-0.1, -0.05) is 48.5 Å². The number of ether oxygens (including phenoxy) is 1. The van der Waals surface area contributed by atoms with Crippen molar-refractivity contribution in [3.8, 4) is 11.1 Å². The number of nitrogens with two attached hydrogens (primary N) is 1. The summed E-state index contributed by atoms with van der Waals surface area (Å²) >= 11 is 0. The van der Waals surface area contributed by atoms with Gasteiger partial charge in [0.25, 0.3) is 0 Å². The number of carbonyl (C=O) groups is 1. The van der Waals surface area contributed by atoms with E-state index >= 15 is 0 Å². The van der Waals surface area contributed by atoms with Crippen LogP contribution in [0.3, 0.4) is 0 Å². The van der Waals surface area contributed by atoms with E-state index in [2.05, 4.69) is 30.3 Å². The summed E-state index contributed by atoms with van der Waals surface area (Å²) in [5.41, 5.74) is 13.2. The number of rotatable bonds is 3. The average Bonchev–Trinajstić information content (AvgIpc) is 3.35. The molecule has 1 fully saturated rings. The summed E-state index contributed by atoms with van der Waals surface area (Å²) in [5.74, 6) is 0.0474. The van der Waals surface area contributed by atoms with Gasteiger partial charge >= 0.3 is 0 Å². The molecule has 5 rings (SSSR count). The number of nitrogen functional groups attached to an aromatic ring is 1. The van der Waals surface area contributed by atoms with E-state index < -0.39 is 6.10 Å². The zero-order valence-corrected chi connectivity index (χ0v) is 13.6. The van der Waals surface area contributed by atoms with E-state index in [9.17, 15) is 4.79 Å². The van der Waals surface area contributed by atoms with Crippen LogP contribution in [0.25, 0.3) is 11.1 Å². The van der Waals surface area contributed by atoms with Crippen molar-refractivity contribution in [1.82, 2.24) is 0 Å². The Hall–Kier alpha value is -2.91. The molecular formula is C22H17NO2. The first-order valence-corrected chi connectivity index (χ1v) is 8.47. The Balaban J connectivity index is 1.40. The largest absolute Gasteiger partial charge is 0.399 e. The maximum atomic E-state index is 12.8. The third-order valence-electron chi connectivity index (χ3n) is 5.07. The summed E-state index contributed by atoms with van der Waals surface area (Å²) in [7, 11) is 0. The summed E-state index contributed by atoms with van der Waals surface area (Å²) in [5, 5.41) is 0. The molecule has 0 aromatic heterocycles. The smallest absolute Gasteiger partial charge is 0.194 e. The highest BCUT2D eigenvalue weighted by Crippen LogP contribution is 2.42. The zero-order chi connectivity index (χ0) is 17.0. The molecule has 3 aromatic rings. The van der Waals surface area contributed by atoms with Crippen LogP contribution < -0.4 is 5.73 Å². The Morgan fingerprint density at radius 3 is 2.64 bits per heavy atom. The van der Waals surface area contributed by atoms with Crippen molar-refractivity contribution in [2.75, 3.05) is 5.73 Å². The zero-order valence-electron chi connectivity index (χ0n) is 13.6. The molecule has 0 bridgehead atoms. The first-order chi connectivity index (χ1) is 12.2. The lowest BCUT2D eigenvalue weighted by Crippen LogP contribution is -2.08. The van der Waals surface area contributed by atoms with Crippen LogP contribution in [0.2, 0.25) is 0 Å². The van der Waals surface area contributed by atoms with Gasteiger partial charge in [0.05, 0.1) is 0 Å². The summed E-state index contributed by atoms with van der Waals surface area (Å²) in [6.45, 7) is 0. The van der Waals surface area contributed by atoms with Gasteiger partial charge in [-0.25, -0.2) is 0 Å². The molecule has 25 heavy (non-hydrogen) atoms. The maximum Gasteiger partial charge on any atom is 0.194 e. The van der Waals surface area contributed by atoms with Gasteiger partial charge in [0.1, 0.15) is 6.10 Å². The van der Waals surface area contributed by atoms with Gasteiger partial charge < -0.3 is 10.5 Å². The molecule has 2 aliphatic rings. The quantitative estimate of drug-likeness (QED) is 0.349. The number of carbonyl (C=O) groups excluding carboxylic acids is 1. The van der Waals surface area contributed by atoms with Gasteiger partial charge in [0, 0.05) is 11.3 Å². The predicted octanol–water partition coefficient (Wildman–Crippen LogP) is 4.16. The van der Waals surface area contributed by atoms with Crippen molar-refractivity contribution < 1.29 is 9.53 Å². The topological polar surface area (TPSA) is 55.6 Å². The minimum Gasteiger partial charge on any atom is -0.399 e. The summed E-state index contributed by atoms with van der Waals surface area (Å²) < 4.78 is 5.65. The van der Waals surface area contributed by atoms with E-state index in [1.54, 1.807) is 0 Å². The van der Waals surface area contributed by atoms with Gasteiger partial charge in [-0.15, -0.1) is 0 Å². The van der Waals surface area contributed by atoms with Crippen molar-refractivity contribution in [1.29, 1.82) is 0 Å². The van der Waals surface area contributed by atoms with Crippen LogP contribution >= 0.6 is 0 Å². The van der Waals surface area contributed by atoms with Crippen LogP contribution in [0.4, 0.5) is 5.69 Å². The van der Waals surface area contributed by atoms with E-state index in [0.29, 0.717) is 5.69 Å². The Labute approximate surface area is 146 Å². The fraction of sp³-hybridized carbons (Fsp3) is 0.136. The molecule has 3 heteroatoms. The van der Waals surface area contributed by atoms with Crippen LogP contribution in [0.5, 0.6) is 0 Å². The van der Waals surface area contributed by atoms with Gasteiger partial charge in [-0.2, -0.15) is 0 Å². The van der Waals surface area contributed by atoms with Crippen molar-refractivity contribution in [2.45, 2.75) is 18.6 Å². The third-order valence-corrected chi connectivity index (χ3v) is 5.07. The highest BCUT2D eigenvalue weighted by atomic mass is 16.6.